The molecule has 0 unspecified atom stereocenters. The van der Waals surface area contributed by atoms with Crippen LogP contribution in [-0.4, -0.2) is 20.4 Å². The first-order valence-corrected chi connectivity index (χ1v) is 9.60. The molecule has 0 saturated carbocycles. The zero-order valence-electron chi connectivity index (χ0n) is 15.2. The lowest BCUT2D eigenvalue weighted by atomic mass is 10.1. The van der Waals surface area contributed by atoms with Crippen LogP contribution < -0.4 is 10.0 Å². The summed E-state index contributed by atoms with van der Waals surface area (Å²) in [5.41, 5.74) is 3.49. The van der Waals surface area contributed by atoms with Crippen molar-refractivity contribution in [3.05, 3.63) is 58.7 Å². The normalized spacial score (nSPS) is 11.4. The Labute approximate surface area is 149 Å². The molecular formula is C19H24N2O3S. The second-order valence-corrected chi connectivity index (χ2v) is 8.14. The standard InChI is InChI=1S/C19H24N2O3S/c1-12(2)20-19(22)17-11-16(10-9-14(17)4)25(23,24)21-18-8-6-7-13(3)15(18)5/h6-12,21H,1-5H3,(H,20,22). The average molecular weight is 360 g/mol. The van der Waals surface area contributed by atoms with Crippen molar-refractivity contribution in [3.8, 4) is 0 Å². The van der Waals surface area contributed by atoms with Crippen LogP contribution in [-0.2, 0) is 10.0 Å². The molecule has 5 nitrogen and oxygen atoms in total. The maximum absolute atomic E-state index is 12.7. The number of hydrogen-bond donors (Lipinski definition) is 2. The number of rotatable bonds is 5. The summed E-state index contributed by atoms with van der Waals surface area (Å²) in [4.78, 5) is 12.3. The van der Waals surface area contributed by atoms with E-state index in [1.165, 1.54) is 12.1 Å². The number of aryl methyl sites for hydroxylation is 2. The number of anilines is 1. The van der Waals surface area contributed by atoms with Crippen LogP contribution in [0, 0.1) is 20.8 Å². The predicted molar refractivity (Wildman–Crippen MR) is 101 cm³/mol. The van der Waals surface area contributed by atoms with Crippen molar-refractivity contribution in [2.45, 2.75) is 45.6 Å². The van der Waals surface area contributed by atoms with Crippen LogP contribution in [0.15, 0.2) is 41.3 Å². The molecular weight excluding hydrogens is 336 g/mol. The zero-order valence-corrected chi connectivity index (χ0v) is 16.0. The van der Waals surface area contributed by atoms with Crippen LogP contribution in [0.3, 0.4) is 0 Å². The molecule has 25 heavy (non-hydrogen) atoms. The number of amides is 1. The van der Waals surface area contributed by atoms with E-state index in [4.69, 9.17) is 0 Å². The number of benzene rings is 2. The number of sulfonamides is 1. The lowest BCUT2D eigenvalue weighted by Crippen LogP contribution is -2.30. The van der Waals surface area contributed by atoms with Crippen LogP contribution in [0.2, 0.25) is 0 Å². The van der Waals surface area contributed by atoms with Crippen molar-refractivity contribution in [2.24, 2.45) is 0 Å². The SMILES string of the molecule is Cc1ccc(S(=O)(=O)Nc2cccc(C)c2C)cc1C(=O)NC(C)C. The summed E-state index contributed by atoms with van der Waals surface area (Å²) in [7, 11) is -3.78. The molecule has 134 valence electrons. The van der Waals surface area contributed by atoms with E-state index in [2.05, 4.69) is 10.0 Å². The van der Waals surface area contributed by atoms with Gasteiger partial charge in [0.05, 0.1) is 10.6 Å². The Morgan fingerprint density at radius 1 is 1.00 bits per heavy atom. The van der Waals surface area contributed by atoms with Gasteiger partial charge in [0.25, 0.3) is 15.9 Å². The van der Waals surface area contributed by atoms with Crippen LogP contribution >= 0.6 is 0 Å². The predicted octanol–water partition coefficient (Wildman–Crippen LogP) is 3.55. The summed E-state index contributed by atoms with van der Waals surface area (Å²) >= 11 is 0. The summed E-state index contributed by atoms with van der Waals surface area (Å²) in [6, 6.07) is 9.99. The van der Waals surface area contributed by atoms with Crippen molar-refractivity contribution in [1.82, 2.24) is 5.32 Å². The van der Waals surface area contributed by atoms with Gasteiger partial charge in [-0.2, -0.15) is 0 Å². The molecule has 2 aromatic carbocycles. The Bertz CT molecular complexity index is 903. The first kappa shape index (κ1) is 19.0. The molecule has 0 heterocycles. The van der Waals surface area contributed by atoms with Gasteiger partial charge in [-0.25, -0.2) is 8.42 Å². The molecule has 0 spiro atoms. The zero-order chi connectivity index (χ0) is 18.8. The van der Waals surface area contributed by atoms with E-state index in [0.29, 0.717) is 11.3 Å². The first-order chi connectivity index (χ1) is 11.6. The molecule has 0 aromatic heterocycles. The summed E-state index contributed by atoms with van der Waals surface area (Å²) in [5, 5.41) is 2.79. The summed E-state index contributed by atoms with van der Waals surface area (Å²) in [6.45, 7) is 9.28. The van der Waals surface area contributed by atoms with E-state index in [1.807, 2.05) is 33.8 Å². The third kappa shape index (κ3) is 4.39. The molecule has 0 saturated heterocycles. The van der Waals surface area contributed by atoms with Crippen molar-refractivity contribution >= 4 is 21.6 Å². The second kappa shape index (κ2) is 7.27. The second-order valence-electron chi connectivity index (χ2n) is 6.46. The van der Waals surface area contributed by atoms with Gasteiger partial charge >= 0.3 is 0 Å². The lowest BCUT2D eigenvalue weighted by Gasteiger charge is -2.14. The molecule has 0 bridgehead atoms. The topological polar surface area (TPSA) is 75.3 Å². The van der Waals surface area contributed by atoms with Crippen molar-refractivity contribution in [1.29, 1.82) is 0 Å². The first-order valence-electron chi connectivity index (χ1n) is 8.12. The molecule has 0 aliphatic heterocycles. The van der Waals surface area contributed by atoms with Gasteiger partial charge in [-0.15, -0.1) is 0 Å². The molecule has 0 atom stereocenters. The number of hydrogen-bond acceptors (Lipinski definition) is 3. The molecule has 0 aliphatic carbocycles. The molecule has 0 radical (unpaired) electrons. The Balaban J connectivity index is 2.40. The van der Waals surface area contributed by atoms with Crippen LogP contribution in [0.25, 0.3) is 0 Å². The van der Waals surface area contributed by atoms with Gasteiger partial charge in [-0.1, -0.05) is 18.2 Å². The van der Waals surface area contributed by atoms with E-state index in [0.717, 1.165) is 16.7 Å². The Morgan fingerprint density at radius 3 is 2.32 bits per heavy atom. The smallest absolute Gasteiger partial charge is 0.261 e. The van der Waals surface area contributed by atoms with Crippen molar-refractivity contribution in [2.75, 3.05) is 4.72 Å². The molecule has 0 aliphatic rings. The van der Waals surface area contributed by atoms with Crippen molar-refractivity contribution < 1.29 is 13.2 Å². The minimum atomic E-state index is -3.78. The summed E-state index contributed by atoms with van der Waals surface area (Å²) < 4.78 is 28.1. The van der Waals surface area contributed by atoms with E-state index >= 15 is 0 Å². The highest BCUT2D eigenvalue weighted by molar-refractivity contribution is 7.92. The Kier molecular flexibility index (Phi) is 5.52. The largest absolute Gasteiger partial charge is 0.350 e. The van der Waals surface area contributed by atoms with Gasteiger partial charge in [-0.05, 0) is 69.5 Å². The van der Waals surface area contributed by atoms with Gasteiger partial charge < -0.3 is 5.32 Å². The van der Waals surface area contributed by atoms with Gasteiger partial charge in [0.2, 0.25) is 0 Å². The monoisotopic (exact) mass is 360 g/mol. The molecule has 1 amide bonds. The third-order valence-corrected chi connectivity index (χ3v) is 5.40. The van der Waals surface area contributed by atoms with E-state index in [1.54, 1.807) is 25.1 Å². The molecule has 6 heteroatoms. The van der Waals surface area contributed by atoms with E-state index < -0.39 is 10.0 Å². The quantitative estimate of drug-likeness (QED) is 0.856. The molecule has 2 N–H and O–H groups in total. The summed E-state index contributed by atoms with van der Waals surface area (Å²) in [5.74, 6) is -0.281. The minimum Gasteiger partial charge on any atom is -0.350 e. The van der Waals surface area contributed by atoms with E-state index in [9.17, 15) is 13.2 Å². The number of nitrogens with one attached hydrogen (secondary N) is 2. The van der Waals surface area contributed by atoms with E-state index in [-0.39, 0.29) is 16.8 Å². The highest BCUT2D eigenvalue weighted by Crippen LogP contribution is 2.23. The molecule has 0 fully saturated rings. The minimum absolute atomic E-state index is 0.0276. The van der Waals surface area contributed by atoms with Crippen LogP contribution in [0.4, 0.5) is 5.69 Å². The average Bonchev–Trinajstić information content (AvgIpc) is 2.51. The maximum Gasteiger partial charge on any atom is 0.261 e. The van der Waals surface area contributed by atoms with Crippen LogP contribution in [0.5, 0.6) is 0 Å². The number of carbonyl (C=O) groups is 1. The summed E-state index contributed by atoms with van der Waals surface area (Å²) in [6.07, 6.45) is 0. The van der Waals surface area contributed by atoms with Crippen LogP contribution in [0.1, 0.15) is 40.9 Å². The fraction of sp³-hybridized carbons (Fsp3) is 0.316. The van der Waals surface area contributed by atoms with Gasteiger partial charge in [-0.3, -0.25) is 9.52 Å². The van der Waals surface area contributed by atoms with Gasteiger partial charge in [0, 0.05) is 11.6 Å². The lowest BCUT2D eigenvalue weighted by molar-refractivity contribution is 0.0942. The fourth-order valence-corrected chi connectivity index (χ4v) is 3.57. The third-order valence-electron chi connectivity index (χ3n) is 4.03. The van der Waals surface area contributed by atoms with Gasteiger partial charge in [0.15, 0.2) is 0 Å². The Hall–Kier alpha value is -2.34. The highest BCUT2D eigenvalue weighted by atomic mass is 32.2. The number of carbonyl (C=O) groups excluding carboxylic acids is 1. The fourth-order valence-electron chi connectivity index (χ4n) is 2.42. The van der Waals surface area contributed by atoms with Gasteiger partial charge in [0.1, 0.15) is 0 Å². The Morgan fingerprint density at radius 2 is 1.68 bits per heavy atom. The highest BCUT2D eigenvalue weighted by Gasteiger charge is 2.19. The molecule has 2 rings (SSSR count). The van der Waals surface area contributed by atoms with Crippen molar-refractivity contribution in [3.63, 3.8) is 0 Å². The maximum atomic E-state index is 12.7. The molecule has 2 aromatic rings.